The highest BCUT2D eigenvalue weighted by atomic mass is 35.5. The standard InChI is InChI=1S/C15H15F3N2O.ClH/c16-10-8-11(14(18)12(17)9-10)15(13-2-1-7-21-13)20-5-3-19-4-6-20;/h1-2,7-9,15,19H,3-6H2;1H/t15-;/m0./s1. The number of halogens is 4. The van der Waals surface area contributed by atoms with Gasteiger partial charge >= 0.3 is 0 Å². The van der Waals surface area contributed by atoms with Gasteiger partial charge in [0.05, 0.1) is 12.3 Å². The number of benzene rings is 1. The summed E-state index contributed by atoms with van der Waals surface area (Å²) in [6.07, 6.45) is 1.47. The third-order valence-electron chi connectivity index (χ3n) is 3.65. The minimum absolute atomic E-state index is 0. The van der Waals surface area contributed by atoms with Crippen LogP contribution in [0.1, 0.15) is 17.4 Å². The number of furan rings is 1. The quantitative estimate of drug-likeness (QED) is 0.875. The molecule has 1 saturated heterocycles. The molecule has 0 unspecified atom stereocenters. The van der Waals surface area contributed by atoms with Crippen molar-refractivity contribution >= 4 is 12.4 Å². The lowest BCUT2D eigenvalue weighted by atomic mass is 10.0. The van der Waals surface area contributed by atoms with E-state index in [2.05, 4.69) is 5.32 Å². The largest absolute Gasteiger partial charge is 0.467 e. The fourth-order valence-corrected chi connectivity index (χ4v) is 2.69. The van der Waals surface area contributed by atoms with Crippen LogP contribution in [0.3, 0.4) is 0 Å². The van der Waals surface area contributed by atoms with E-state index in [-0.39, 0.29) is 18.0 Å². The molecule has 1 aromatic heterocycles. The van der Waals surface area contributed by atoms with Gasteiger partial charge in [-0.25, -0.2) is 13.2 Å². The van der Waals surface area contributed by atoms with Crippen LogP contribution in [0.15, 0.2) is 34.9 Å². The van der Waals surface area contributed by atoms with Crippen molar-refractivity contribution < 1.29 is 17.6 Å². The highest BCUT2D eigenvalue weighted by Crippen LogP contribution is 2.32. The van der Waals surface area contributed by atoms with Gasteiger partial charge in [0.25, 0.3) is 0 Å². The summed E-state index contributed by atoms with van der Waals surface area (Å²) >= 11 is 0. The Morgan fingerprint density at radius 3 is 2.50 bits per heavy atom. The molecule has 1 N–H and O–H groups in total. The third-order valence-corrected chi connectivity index (χ3v) is 3.65. The van der Waals surface area contributed by atoms with E-state index in [4.69, 9.17) is 4.42 Å². The van der Waals surface area contributed by atoms with Crippen LogP contribution in [0.5, 0.6) is 0 Å². The number of nitrogens with one attached hydrogen (secondary N) is 1. The van der Waals surface area contributed by atoms with Crippen LogP contribution in [-0.2, 0) is 0 Å². The van der Waals surface area contributed by atoms with Crippen molar-refractivity contribution in [3.05, 3.63) is 59.3 Å². The van der Waals surface area contributed by atoms with Gasteiger partial charge in [0, 0.05) is 37.8 Å². The molecule has 1 aromatic carbocycles. The molecule has 1 fully saturated rings. The average molecular weight is 333 g/mol. The van der Waals surface area contributed by atoms with E-state index in [0.29, 0.717) is 24.9 Å². The van der Waals surface area contributed by atoms with Gasteiger partial charge in [-0.2, -0.15) is 0 Å². The van der Waals surface area contributed by atoms with E-state index >= 15 is 0 Å². The molecule has 0 aliphatic carbocycles. The zero-order chi connectivity index (χ0) is 14.8. The van der Waals surface area contributed by atoms with Crippen molar-refractivity contribution in [2.75, 3.05) is 26.2 Å². The molecule has 0 radical (unpaired) electrons. The van der Waals surface area contributed by atoms with Crippen molar-refractivity contribution in [3.8, 4) is 0 Å². The Kier molecular flexibility index (Phi) is 5.50. The lowest BCUT2D eigenvalue weighted by Gasteiger charge is -2.34. The van der Waals surface area contributed by atoms with Crippen molar-refractivity contribution in [1.82, 2.24) is 10.2 Å². The zero-order valence-electron chi connectivity index (χ0n) is 11.7. The van der Waals surface area contributed by atoms with Gasteiger partial charge in [0.1, 0.15) is 11.6 Å². The van der Waals surface area contributed by atoms with Crippen LogP contribution in [-0.4, -0.2) is 31.1 Å². The maximum absolute atomic E-state index is 14.2. The second kappa shape index (κ2) is 7.17. The molecule has 7 heteroatoms. The number of nitrogens with zero attached hydrogens (tertiary/aromatic N) is 1. The Balaban J connectivity index is 0.00000176. The van der Waals surface area contributed by atoms with E-state index in [1.165, 1.54) is 6.26 Å². The van der Waals surface area contributed by atoms with E-state index in [1.54, 1.807) is 12.1 Å². The predicted octanol–water partition coefficient (Wildman–Crippen LogP) is 3.11. The van der Waals surface area contributed by atoms with Crippen molar-refractivity contribution in [2.45, 2.75) is 6.04 Å². The van der Waals surface area contributed by atoms with Gasteiger partial charge in [0.15, 0.2) is 11.6 Å². The van der Waals surface area contributed by atoms with Crippen molar-refractivity contribution in [3.63, 3.8) is 0 Å². The fraction of sp³-hybridized carbons (Fsp3) is 0.333. The molecule has 1 aliphatic rings. The summed E-state index contributed by atoms with van der Waals surface area (Å²) < 4.78 is 46.6. The van der Waals surface area contributed by atoms with E-state index in [0.717, 1.165) is 19.2 Å². The first-order valence-electron chi connectivity index (χ1n) is 6.79. The van der Waals surface area contributed by atoms with Gasteiger partial charge in [-0.05, 0) is 18.2 Å². The van der Waals surface area contributed by atoms with Gasteiger partial charge in [0.2, 0.25) is 0 Å². The predicted molar refractivity (Wildman–Crippen MR) is 78.6 cm³/mol. The van der Waals surface area contributed by atoms with E-state index < -0.39 is 23.5 Å². The van der Waals surface area contributed by atoms with Crippen LogP contribution in [0.25, 0.3) is 0 Å². The summed E-state index contributed by atoms with van der Waals surface area (Å²) in [5.74, 6) is -2.54. The molecule has 0 spiro atoms. The second-order valence-corrected chi connectivity index (χ2v) is 4.99. The highest BCUT2D eigenvalue weighted by Gasteiger charge is 2.30. The molecule has 0 amide bonds. The van der Waals surface area contributed by atoms with Crippen molar-refractivity contribution in [1.29, 1.82) is 0 Å². The maximum atomic E-state index is 14.2. The molecule has 22 heavy (non-hydrogen) atoms. The Labute approximate surface area is 132 Å². The third kappa shape index (κ3) is 3.29. The molecular formula is C15H16ClF3N2O. The lowest BCUT2D eigenvalue weighted by molar-refractivity contribution is 0.176. The molecule has 2 heterocycles. The van der Waals surface area contributed by atoms with Crippen LogP contribution in [0.2, 0.25) is 0 Å². The van der Waals surface area contributed by atoms with Gasteiger partial charge in [-0.3, -0.25) is 4.90 Å². The first-order chi connectivity index (χ1) is 10.2. The van der Waals surface area contributed by atoms with E-state index in [1.807, 2.05) is 4.90 Å². The van der Waals surface area contributed by atoms with Crippen LogP contribution in [0, 0.1) is 17.5 Å². The molecule has 1 atom stereocenters. The summed E-state index contributed by atoms with van der Waals surface area (Å²) in [4.78, 5) is 1.95. The van der Waals surface area contributed by atoms with Crippen LogP contribution < -0.4 is 5.32 Å². The number of piperazine rings is 1. The molecule has 3 nitrogen and oxygen atoms in total. The normalized spacial score (nSPS) is 17.0. The molecular weight excluding hydrogens is 317 g/mol. The molecule has 2 aromatic rings. The maximum Gasteiger partial charge on any atom is 0.164 e. The van der Waals surface area contributed by atoms with Crippen LogP contribution >= 0.6 is 12.4 Å². The zero-order valence-corrected chi connectivity index (χ0v) is 12.5. The summed E-state index contributed by atoms with van der Waals surface area (Å²) in [5.41, 5.74) is -0.0376. The average Bonchev–Trinajstić information content (AvgIpc) is 2.99. The Hall–Kier alpha value is -1.50. The monoisotopic (exact) mass is 332 g/mol. The topological polar surface area (TPSA) is 28.4 Å². The van der Waals surface area contributed by atoms with Gasteiger partial charge in [-0.15, -0.1) is 12.4 Å². The van der Waals surface area contributed by atoms with Crippen LogP contribution in [0.4, 0.5) is 13.2 Å². The Morgan fingerprint density at radius 1 is 1.14 bits per heavy atom. The first-order valence-corrected chi connectivity index (χ1v) is 6.79. The lowest BCUT2D eigenvalue weighted by Crippen LogP contribution is -2.45. The van der Waals surface area contributed by atoms with Crippen molar-refractivity contribution in [2.24, 2.45) is 0 Å². The Bertz CT molecular complexity index is 616. The Morgan fingerprint density at radius 2 is 1.86 bits per heavy atom. The number of hydrogen-bond acceptors (Lipinski definition) is 3. The number of rotatable bonds is 3. The summed E-state index contributed by atoms with van der Waals surface area (Å²) in [6.45, 7) is 2.75. The minimum atomic E-state index is -1.18. The SMILES string of the molecule is Cl.Fc1cc(F)c(F)c([C@@H](c2ccco2)N2CCNCC2)c1. The smallest absolute Gasteiger partial charge is 0.164 e. The summed E-state index contributed by atoms with van der Waals surface area (Å²) in [5, 5.41) is 3.19. The highest BCUT2D eigenvalue weighted by molar-refractivity contribution is 5.85. The first kappa shape index (κ1) is 16.9. The van der Waals surface area contributed by atoms with Gasteiger partial charge < -0.3 is 9.73 Å². The summed E-state index contributed by atoms with van der Waals surface area (Å²) in [7, 11) is 0. The fourth-order valence-electron chi connectivity index (χ4n) is 2.69. The summed E-state index contributed by atoms with van der Waals surface area (Å²) in [6, 6.07) is 4.32. The number of hydrogen-bond donors (Lipinski definition) is 1. The van der Waals surface area contributed by atoms with Gasteiger partial charge in [-0.1, -0.05) is 0 Å². The molecule has 0 bridgehead atoms. The molecule has 0 saturated carbocycles. The molecule has 3 rings (SSSR count). The second-order valence-electron chi connectivity index (χ2n) is 4.99. The molecule has 120 valence electrons. The van der Waals surface area contributed by atoms with E-state index in [9.17, 15) is 13.2 Å². The minimum Gasteiger partial charge on any atom is -0.467 e. The molecule has 1 aliphatic heterocycles.